The number of amides is 1. The molecule has 0 aliphatic carbocycles. The average Bonchev–Trinajstić information content (AvgIpc) is 3.07. The van der Waals surface area contributed by atoms with Gasteiger partial charge in [0.1, 0.15) is 0 Å². The highest BCUT2D eigenvalue weighted by molar-refractivity contribution is 7.20. The Morgan fingerprint density at radius 3 is 2.62 bits per heavy atom. The maximum absolute atomic E-state index is 12.8. The van der Waals surface area contributed by atoms with Crippen molar-refractivity contribution in [2.45, 2.75) is 12.8 Å². The summed E-state index contributed by atoms with van der Waals surface area (Å²) >= 11 is 1.62. The van der Waals surface area contributed by atoms with Crippen LogP contribution in [0.5, 0.6) is 0 Å². The molecule has 1 N–H and O–H groups in total. The average molecular weight is 343 g/mol. The minimum absolute atomic E-state index is 0.206. The first-order valence-electron chi connectivity index (χ1n) is 9.00. The summed E-state index contributed by atoms with van der Waals surface area (Å²) in [6.07, 6.45) is 2.59. The SMILES string of the molecule is O=C(c1cc2ccccc2s1)N1CCN(CC2CCNCC2)CC1. The van der Waals surface area contributed by atoms with Crippen molar-refractivity contribution in [3.63, 3.8) is 0 Å². The molecule has 2 aliphatic rings. The van der Waals surface area contributed by atoms with Gasteiger partial charge in [0.15, 0.2) is 0 Å². The van der Waals surface area contributed by atoms with Crippen LogP contribution < -0.4 is 5.32 Å². The maximum atomic E-state index is 12.8. The number of rotatable bonds is 3. The number of carbonyl (C=O) groups excluding carboxylic acids is 1. The zero-order valence-electron chi connectivity index (χ0n) is 14.0. The van der Waals surface area contributed by atoms with Crippen molar-refractivity contribution in [1.82, 2.24) is 15.1 Å². The van der Waals surface area contributed by atoms with Gasteiger partial charge in [-0.15, -0.1) is 11.3 Å². The first kappa shape index (κ1) is 16.1. The minimum atomic E-state index is 0.206. The lowest BCUT2D eigenvalue weighted by Gasteiger charge is -2.37. The Labute approximate surface area is 147 Å². The lowest BCUT2D eigenvalue weighted by atomic mass is 9.97. The molecule has 0 bridgehead atoms. The Hall–Kier alpha value is -1.43. The van der Waals surface area contributed by atoms with Crippen molar-refractivity contribution >= 4 is 27.3 Å². The van der Waals surface area contributed by atoms with E-state index in [1.807, 2.05) is 23.1 Å². The number of piperidine rings is 1. The summed E-state index contributed by atoms with van der Waals surface area (Å²) in [4.78, 5) is 18.2. The van der Waals surface area contributed by atoms with E-state index in [1.165, 1.54) is 29.5 Å². The van der Waals surface area contributed by atoms with Gasteiger partial charge in [0.2, 0.25) is 0 Å². The van der Waals surface area contributed by atoms with Crippen molar-refractivity contribution < 1.29 is 4.79 Å². The summed E-state index contributed by atoms with van der Waals surface area (Å²) < 4.78 is 1.20. The highest BCUT2D eigenvalue weighted by Gasteiger charge is 2.25. The van der Waals surface area contributed by atoms with Gasteiger partial charge in [0.05, 0.1) is 4.88 Å². The van der Waals surface area contributed by atoms with Gasteiger partial charge in [0.25, 0.3) is 5.91 Å². The van der Waals surface area contributed by atoms with Crippen molar-refractivity contribution in [3.8, 4) is 0 Å². The van der Waals surface area contributed by atoms with Crippen molar-refractivity contribution in [1.29, 1.82) is 0 Å². The first-order valence-corrected chi connectivity index (χ1v) is 9.82. The van der Waals surface area contributed by atoms with Crippen LogP contribution in [0.4, 0.5) is 0 Å². The molecule has 1 amide bonds. The van der Waals surface area contributed by atoms with Crippen LogP contribution in [0.15, 0.2) is 30.3 Å². The molecule has 5 heteroatoms. The molecular weight excluding hydrogens is 318 g/mol. The number of nitrogens with one attached hydrogen (secondary N) is 1. The molecule has 24 heavy (non-hydrogen) atoms. The molecule has 4 nitrogen and oxygen atoms in total. The Bertz CT molecular complexity index is 666. The van der Waals surface area contributed by atoms with Crippen molar-refractivity contribution in [2.75, 3.05) is 45.8 Å². The fourth-order valence-electron chi connectivity index (χ4n) is 3.81. The molecule has 3 heterocycles. The van der Waals surface area contributed by atoms with Gasteiger partial charge < -0.3 is 10.2 Å². The predicted molar refractivity (Wildman–Crippen MR) is 99.8 cm³/mol. The van der Waals surface area contributed by atoms with Gasteiger partial charge >= 0.3 is 0 Å². The fraction of sp³-hybridized carbons (Fsp3) is 0.526. The molecule has 2 aromatic rings. The second-order valence-corrected chi connectivity index (χ2v) is 8.02. The van der Waals surface area contributed by atoms with E-state index < -0.39 is 0 Å². The molecule has 0 radical (unpaired) electrons. The summed E-state index contributed by atoms with van der Waals surface area (Å²) in [7, 11) is 0. The number of hydrogen-bond acceptors (Lipinski definition) is 4. The number of piperazine rings is 1. The Balaban J connectivity index is 1.34. The molecule has 2 fully saturated rings. The summed E-state index contributed by atoms with van der Waals surface area (Å²) in [6, 6.07) is 10.3. The normalized spacial score (nSPS) is 20.6. The Morgan fingerprint density at radius 2 is 1.88 bits per heavy atom. The van der Waals surface area contributed by atoms with Crippen LogP contribution in [0.2, 0.25) is 0 Å². The lowest BCUT2D eigenvalue weighted by Crippen LogP contribution is -2.50. The van der Waals surface area contributed by atoms with Crippen LogP contribution in [-0.4, -0.2) is 61.5 Å². The smallest absolute Gasteiger partial charge is 0.264 e. The molecular formula is C19H25N3OS. The van der Waals surface area contributed by atoms with E-state index in [0.717, 1.165) is 50.1 Å². The van der Waals surface area contributed by atoms with E-state index in [4.69, 9.17) is 0 Å². The molecule has 2 saturated heterocycles. The minimum Gasteiger partial charge on any atom is -0.335 e. The number of hydrogen-bond donors (Lipinski definition) is 1. The van der Waals surface area contributed by atoms with Crippen molar-refractivity contribution in [3.05, 3.63) is 35.2 Å². The van der Waals surface area contributed by atoms with Crippen LogP contribution in [0.3, 0.4) is 0 Å². The third-order valence-corrected chi connectivity index (χ3v) is 6.38. The van der Waals surface area contributed by atoms with Gasteiger partial charge in [-0.1, -0.05) is 18.2 Å². The van der Waals surface area contributed by atoms with E-state index >= 15 is 0 Å². The summed E-state index contributed by atoms with van der Waals surface area (Å²) in [5.74, 6) is 1.04. The fourth-order valence-corrected chi connectivity index (χ4v) is 4.84. The quantitative estimate of drug-likeness (QED) is 0.931. The van der Waals surface area contributed by atoms with Crippen LogP contribution in [0.1, 0.15) is 22.5 Å². The zero-order chi connectivity index (χ0) is 16.4. The molecule has 0 spiro atoms. The zero-order valence-corrected chi connectivity index (χ0v) is 14.9. The highest BCUT2D eigenvalue weighted by Crippen LogP contribution is 2.26. The second kappa shape index (κ2) is 7.21. The van der Waals surface area contributed by atoms with E-state index in [2.05, 4.69) is 22.3 Å². The van der Waals surface area contributed by atoms with Gasteiger partial charge in [-0.05, 0) is 49.4 Å². The molecule has 0 saturated carbocycles. The maximum Gasteiger partial charge on any atom is 0.264 e. The topological polar surface area (TPSA) is 35.6 Å². The van der Waals surface area contributed by atoms with E-state index in [1.54, 1.807) is 11.3 Å². The van der Waals surface area contributed by atoms with Crippen molar-refractivity contribution in [2.24, 2.45) is 5.92 Å². The van der Waals surface area contributed by atoms with Gasteiger partial charge in [-0.25, -0.2) is 0 Å². The monoisotopic (exact) mass is 343 g/mol. The Morgan fingerprint density at radius 1 is 1.12 bits per heavy atom. The standard InChI is InChI=1S/C19H25N3OS/c23-19(18-13-16-3-1-2-4-17(16)24-18)22-11-9-21(10-12-22)14-15-5-7-20-8-6-15/h1-4,13,15,20H,5-12,14H2. The van der Waals surface area contributed by atoms with Crippen LogP contribution in [-0.2, 0) is 0 Å². The number of fused-ring (bicyclic) bond motifs is 1. The predicted octanol–water partition coefficient (Wildman–Crippen LogP) is 2.66. The number of thiophene rings is 1. The summed E-state index contributed by atoms with van der Waals surface area (Å²) in [5.41, 5.74) is 0. The van der Waals surface area contributed by atoms with Crippen LogP contribution in [0.25, 0.3) is 10.1 Å². The molecule has 2 aliphatic heterocycles. The van der Waals surface area contributed by atoms with Crippen LogP contribution in [0, 0.1) is 5.92 Å². The number of benzene rings is 1. The lowest BCUT2D eigenvalue weighted by molar-refractivity contribution is 0.0613. The molecule has 0 unspecified atom stereocenters. The number of carbonyl (C=O) groups is 1. The van der Waals surface area contributed by atoms with Crippen LogP contribution >= 0.6 is 11.3 Å². The molecule has 1 aromatic heterocycles. The van der Waals surface area contributed by atoms with Gasteiger partial charge in [-0.3, -0.25) is 9.69 Å². The molecule has 0 atom stereocenters. The summed E-state index contributed by atoms with van der Waals surface area (Å²) in [5, 5.41) is 4.61. The summed E-state index contributed by atoms with van der Waals surface area (Å²) in [6.45, 7) is 7.27. The van der Waals surface area contributed by atoms with E-state index in [0.29, 0.717) is 0 Å². The van der Waals surface area contributed by atoms with Gasteiger partial charge in [0, 0.05) is 37.4 Å². The van der Waals surface area contributed by atoms with E-state index in [9.17, 15) is 4.79 Å². The first-order chi connectivity index (χ1) is 11.8. The molecule has 4 rings (SSSR count). The largest absolute Gasteiger partial charge is 0.335 e. The third-order valence-electron chi connectivity index (χ3n) is 5.27. The van der Waals surface area contributed by atoms with Gasteiger partial charge in [-0.2, -0.15) is 0 Å². The molecule has 128 valence electrons. The van der Waals surface area contributed by atoms with E-state index in [-0.39, 0.29) is 5.91 Å². The third kappa shape index (κ3) is 3.48. The Kier molecular flexibility index (Phi) is 4.83. The number of nitrogens with zero attached hydrogens (tertiary/aromatic N) is 2. The molecule has 1 aromatic carbocycles. The second-order valence-electron chi connectivity index (χ2n) is 6.93. The highest BCUT2D eigenvalue weighted by atomic mass is 32.1.